The van der Waals surface area contributed by atoms with E-state index in [1.54, 1.807) is 0 Å². The second kappa shape index (κ2) is 37.0. The number of aliphatic hydroxyl groups is 1. The van der Waals surface area contributed by atoms with Crippen molar-refractivity contribution in [3.8, 4) is 0 Å². The molecule has 10 heteroatoms. The molecule has 0 saturated carbocycles. The molecule has 0 saturated heterocycles. The monoisotopic (exact) mass is 758 g/mol. The summed E-state index contributed by atoms with van der Waals surface area (Å²) in [4.78, 5) is 42.7. The van der Waals surface area contributed by atoms with Gasteiger partial charge in [-0.15, -0.1) is 0 Å². The third-order valence-electron chi connectivity index (χ3n) is 7.36. The predicted octanol–water partition coefficient (Wildman–Crippen LogP) is 10.6. The number of rotatable bonds is 33. The van der Waals surface area contributed by atoms with E-state index >= 15 is 0 Å². The molecule has 0 aromatic carbocycles. The van der Waals surface area contributed by atoms with Crippen molar-refractivity contribution in [3.05, 3.63) is 109 Å². The summed E-state index contributed by atoms with van der Waals surface area (Å²) in [5.74, 6) is -1.02. The molecule has 0 fully saturated rings. The van der Waals surface area contributed by atoms with Crippen LogP contribution in [0, 0.1) is 0 Å². The maximum atomic E-state index is 12.4. The van der Waals surface area contributed by atoms with Crippen molar-refractivity contribution in [2.24, 2.45) is 0 Å². The fraction of sp³-hybridized carbons (Fsp3) is 0.535. The Kier molecular flexibility index (Phi) is 34.7. The molecule has 0 aromatic heterocycles. The van der Waals surface area contributed by atoms with Crippen LogP contribution in [0.5, 0.6) is 0 Å². The van der Waals surface area contributed by atoms with Crippen LogP contribution in [0.2, 0.25) is 0 Å². The van der Waals surface area contributed by atoms with Crippen LogP contribution >= 0.6 is 7.82 Å². The summed E-state index contributed by atoms with van der Waals surface area (Å²) < 4.78 is 26.2. The van der Waals surface area contributed by atoms with Gasteiger partial charge in [-0.05, 0) is 83.5 Å². The van der Waals surface area contributed by atoms with Crippen molar-refractivity contribution in [2.75, 3.05) is 13.2 Å². The zero-order chi connectivity index (χ0) is 39.1. The van der Waals surface area contributed by atoms with Gasteiger partial charge >= 0.3 is 19.8 Å². The van der Waals surface area contributed by atoms with Crippen LogP contribution in [-0.4, -0.2) is 52.3 Å². The number of hydrogen-bond donors (Lipinski definition) is 3. The molecular formula is C43H67O9P. The highest BCUT2D eigenvalue weighted by molar-refractivity contribution is 7.46. The molecule has 3 N–H and O–H groups in total. The molecule has 53 heavy (non-hydrogen) atoms. The van der Waals surface area contributed by atoms with Crippen LogP contribution in [0.25, 0.3) is 0 Å². The van der Waals surface area contributed by atoms with Crippen molar-refractivity contribution >= 4 is 19.8 Å². The first-order valence-corrected chi connectivity index (χ1v) is 20.8. The van der Waals surface area contributed by atoms with Crippen molar-refractivity contribution in [2.45, 2.75) is 135 Å². The lowest BCUT2D eigenvalue weighted by Gasteiger charge is -2.18. The zero-order valence-electron chi connectivity index (χ0n) is 32.2. The molecule has 0 rings (SSSR count). The predicted molar refractivity (Wildman–Crippen MR) is 217 cm³/mol. The van der Waals surface area contributed by atoms with Crippen LogP contribution in [-0.2, 0) is 28.2 Å². The molecule has 0 radical (unpaired) electrons. The molecule has 0 amide bonds. The molecule has 0 aromatic rings. The number of phosphoric acid groups is 1. The SMILES string of the molecule is CC/C=C\C/C=C\C/C=C\C/C=C\CCCCCCC(=O)O[C@H](COC(=O)CCC/C=C\C/C=C\C/C=C\C=C\CC(O)/C=C\CC)COP(=O)(O)O. The summed E-state index contributed by atoms with van der Waals surface area (Å²) in [6, 6.07) is 0. The Bertz CT molecular complexity index is 1230. The third kappa shape index (κ3) is 39.7. The maximum absolute atomic E-state index is 12.4. The van der Waals surface area contributed by atoms with Gasteiger partial charge in [0.15, 0.2) is 6.10 Å². The van der Waals surface area contributed by atoms with Gasteiger partial charge < -0.3 is 24.4 Å². The average molecular weight is 759 g/mol. The largest absolute Gasteiger partial charge is 0.469 e. The normalized spacial score (nSPS) is 14.3. The molecule has 9 nitrogen and oxygen atoms in total. The second-order valence-corrected chi connectivity index (χ2v) is 13.6. The molecular weight excluding hydrogens is 691 g/mol. The number of unbranched alkanes of at least 4 members (excludes halogenated alkanes) is 5. The number of aliphatic hydroxyl groups excluding tert-OH is 1. The van der Waals surface area contributed by atoms with Crippen molar-refractivity contribution < 1.29 is 43.0 Å². The lowest BCUT2D eigenvalue weighted by Crippen LogP contribution is -2.29. The van der Waals surface area contributed by atoms with E-state index in [-0.39, 0.29) is 19.4 Å². The Hall–Kier alpha value is -3.33. The van der Waals surface area contributed by atoms with Gasteiger partial charge in [0, 0.05) is 12.8 Å². The minimum atomic E-state index is -4.79. The van der Waals surface area contributed by atoms with E-state index in [1.807, 2.05) is 55.5 Å². The van der Waals surface area contributed by atoms with Gasteiger partial charge in [-0.3, -0.25) is 14.1 Å². The molecule has 0 heterocycles. The summed E-state index contributed by atoms with van der Waals surface area (Å²) in [6.45, 7) is 3.24. The van der Waals surface area contributed by atoms with Gasteiger partial charge in [0.2, 0.25) is 0 Å². The quantitative estimate of drug-likeness (QED) is 0.0196. The van der Waals surface area contributed by atoms with E-state index in [2.05, 4.69) is 72.2 Å². The number of hydrogen-bond acceptors (Lipinski definition) is 7. The Balaban J connectivity index is 4.17. The summed E-state index contributed by atoms with van der Waals surface area (Å²) >= 11 is 0. The van der Waals surface area contributed by atoms with Crippen molar-refractivity contribution in [3.63, 3.8) is 0 Å². The summed E-state index contributed by atoms with van der Waals surface area (Å²) in [5.41, 5.74) is 0. The first kappa shape index (κ1) is 49.7. The van der Waals surface area contributed by atoms with E-state index in [4.69, 9.17) is 19.3 Å². The van der Waals surface area contributed by atoms with Gasteiger partial charge in [-0.2, -0.15) is 0 Å². The van der Waals surface area contributed by atoms with Gasteiger partial charge in [0.25, 0.3) is 0 Å². The number of carbonyl (C=O) groups excluding carboxylic acids is 2. The standard InChI is InChI=1S/C43H67O9P/c1-3-5-7-8-9-10-11-12-13-14-15-16-21-24-27-30-33-37-43(46)52-41(39-51-53(47,48)49)38-50-42(45)36-32-29-26-23-20-18-17-19-22-25-28-31-35-40(44)34-6-4-2/h5-7,9-10,12-13,15-18,22-23,25-26,28,31,34,40-41,44H,3-4,8,11,14,19-21,24,27,29-30,32-33,35-39H2,1-2H3,(H2,47,48,49)/b7-5-,10-9-,13-12-,16-15-,18-17-,25-22-,26-23-,31-28+,34-6-/t40?,41-/m1/s1. The van der Waals surface area contributed by atoms with Crippen LogP contribution in [0.3, 0.4) is 0 Å². The second-order valence-electron chi connectivity index (χ2n) is 12.3. The summed E-state index contributed by atoms with van der Waals surface area (Å²) in [5, 5.41) is 9.73. The van der Waals surface area contributed by atoms with Crippen molar-refractivity contribution in [1.29, 1.82) is 0 Å². The maximum Gasteiger partial charge on any atom is 0.469 e. The Morgan fingerprint density at radius 3 is 1.70 bits per heavy atom. The van der Waals surface area contributed by atoms with Gasteiger partial charge in [-0.25, -0.2) is 4.57 Å². The lowest BCUT2D eigenvalue weighted by atomic mass is 10.1. The number of allylic oxidation sites excluding steroid dienone is 16. The molecule has 0 spiro atoms. The average Bonchev–Trinajstić information content (AvgIpc) is 3.12. The van der Waals surface area contributed by atoms with Crippen LogP contribution in [0.1, 0.15) is 123 Å². The highest BCUT2D eigenvalue weighted by Gasteiger charge is 2.22. The Morgan fingerprint density at radius 1 is 0.585 bits per heavy atom. The number of carbonyl (C=O) groups is 2. The topological polar surface area (TPSA) is 140 Å². The summed E-state index contributed by atoms with van der Waals surface area (Å²) in [6.07, 6.45) is 48.7. The van der Waals surface area contributed by atoms with Crippen molar-refractivity contribution in [1.82, 2.24) is 0 Å². The van der Waals surface area contributed by atoms with E-state index in [0.29, 0.717) is 25.7 Å². The Morgan fingerprint density at radius 2 is 1.09 bits per heavy atom. The highest BCUT2D eigenvalue weighted by Crippen LogP contribution is 2.35. The molecule has 0 aliphatic carbocycles. The van der Waals surface area contributed by atoms with Crippen LogP contribution in [0.4, 0.5) is 0 Å². The van der Waals surface area contributed by atoms with Gasteiger partial charge in [0.05, 0.1) is 12.7 Å². The van der Waals surface area contributed by atoms with E-state index < -0.39 is 38.6 Å². The molecule has 2 atom stereocenters. The molecule has 298 valence electrons. The smallest absolute Gasteiger partial charge is 0.462 e. The number of esters is 2. The Labute approximate surface area is 319 Å². The van der Waals surface area contributed by atoms with Gasteiger partial charge in [0.1, 0.15) is 6.61 Å². The first-order valence-electron chi connectivity index (χ1n) is 19.3. The molecule has 1 unspecified atom stereocenters. The lowest BCUT2D eigenvalue weighted by molar-refractivity contribution is -0.161. The number of phosphoric ester groups is 1. The van der Waals surface area contributed by atoms with Crippen LogP contribution in [0.15, 0.2) is 109 Å². The van der Waals surface area contributed by atoms with E-state index in [0.717, 1.165) is 70.6 Å². The van der Waals surface area contributed by atoms with Gasteiger partial charge in [-0.1, -0.05) is 136 Å². The van der Waals surface area contributed by atoms with E-state index in [9.17, 15) is 19.3 Å². The van der Waals surface area contributed by atoms with E-state index in [1.165, 1.54) is 0 Å². The molecule has 0 bridgehead atoms. The third-order valence-corrected chi connectivity index (χ3v) is 7.85. The fourth-order valence-corrected chi connectivity index (χ4v) is 4.90. The zero-order valence-corrected chi connectivity index (χ0v) is 33.1. The number of ether oxygens (including phenoxy) is 2. The first-order chi connectivity index (χ1) is 25.7. The summed E-state index contributed by atoms with van der Waals surface area (Å²) in [7, 11) is -4.79. The molecule has 0 aliphatic rings. The fourth-order valence-electron chi connectivity index (χ4n) is 4.54. The minimum absolute atomic E-state index is 0.156. The molecule has 0 aliphatic heterocycles. The highest BCUT2D eigenvalue weighted by atomic mass is 31.2. The van der Waals surface area contributed by atoms with Crippen LogP contribution < -0.4 is 0 Å². The minimum Gasteiger partial charge on any atom is -0.462 e.